The first-order valence-electron chi connectivity index (χ1n) is 7.51. The zero-order chi connectivity index (χ0) is 13.1. The van der Waals surface area contributed by atoms with Gasteiger partial charge in [0.2, 0.25) is 0 Å². The summed E-state index contributed by atoms with van der Waals surface area (Å²) in [4.78, 5) is 5.02. The Labute approximate surface area is 115 Å². The second-order valence-electron chi connectivity index (χ2n) is 5.77. The summed E-state index contributed by atoms with van der Waals surface area (Å²) >= 11 is 0. The summed E-state index contributed by atoms with van der Waals surface area (Å²) in [5.41, 5.74) is 3.11. The summed E-state index contributed by atoms with van der Waals surface area (Å²) in [6, 6.07) is 9.63. The molecule has 3 heteroatoms. The smallest absolute Gasteiger partial charge is 0.0558 e. The SMILES string of the molecule is OCCN1CCN([C@H]2CCc3ccccc3C2)CC1. The van der Waals surface area contributed by atoms with E-state index in [1.807, 2.05) is 0 Å². The number of fused-ring (bicyclic) bond motifs is 1. The van der Waals surface area contributed by atoms with Crippen molar-refractivity contribution in [2.24, 2.45) is 0 Å². The Kier molecular flexibility index (Phi) is 4.16. The lowest BCUT2D eigenvalue weighted by Gasteiger charge is -2.41. The van der Waals surface area contributed by atoms with Crippen molar-refractivity contribution in [2.45, 2.75) is 25.3 Å². The van der Waals surface area contributed by atoms with E-state index in [1.54, 1.807) is 11.1 Å². The molecule has 1 aromatic rings. The van der Waals surface area contributed by atoms with Crippen LogP contribution in [0.25, 0.3) is 0 Å². The van der Waals surface area contributed by atoms with Gasteiger partial charge in [-0.2, -0.15) is 0 Å². The second kappa shape index (κ2) is 6.04. The topological polar surface area (TPSA) is 26.7 Å². The highest BCUT2D eigenvalue weighted by atomic mass is 16.3. The highest BCUT2D eigenvalue weighted by Gasteiger charge is 2.26. The van der Waals surface area contributed by atoms with Gasteiger partial charge in [0.05, 0.1) is 6.61 Å². The summed E-state index contributed by atoms with van der Waals surface area (Å²) in [5, 5.41) is 8.99. The molecular formula is C16H24N2O. The van der Waals surface area contributed by atoms with Gasteiger partial charge in [-0.1, -0.05) is 24.3 Å². The normalized spacial score (nSPS) is 25.2. The maximum Gasteiger partial charge on any atom is 0.0558 e. The van der Waals surface area contributed by atoms with Gasteiger partial charge in [0.25, 0.3) is 0 Å². The van der Waals surface area contributed by atoms with E-state index < -0.39 is 0 Å². The molecule has 3 rings (SSSR count). The minimum Gasteiger partial charge on any atom is -0.395 e. The van der Waals surface area contributed by atoms with Crippen molar-refractivity contribution in [2.75, 3.05) is 39.3 Å². The summed E-state index contributed by atoms with van der Waals surface area (Å²) in [6.07, 6.45) is 3.75. The van der Waals surface area contributed by atoms with Crippen molar-refractivity contribution in [3.63, 3.8) is 0 Å². The monoisotopic (exact) mass is 260 g/mol. The average molecular weight is 260 g/mol. The molecule has 2 aliphatic rings. The molecule has 1 heterocycles. The first-order valence-corrected chi connectivity index (χ1v) is 7.51. The number of aliphatic hydroxyl groups excluding tert-OH is 1. The van der Waals surface area contributed by atoms with Crippen LogP contribution in [0.3, 0.4) is 0 Å². The fourth-order valence-corrected chi connectivity index (χ4v) is 3.48. The fourth-order valence-electron chi connectivity index (χ4n) is 3.48. The van der Waals surface area contributed by atoms with Crippen LogP contribution in [0.15, 0.2) is 24.3 Å². The quantitative estimate of drug-likeness (QED) is 0.883. The lowest BCUT2D eigenvalue weighted by atomic mass is 9.87. The van der Waals surface area contributed by atoms with E-state index in [0.29, 0.717) is 0 Å². The van der Waals surface area contributed by atoms with Gasteiger partial charge in [-0.15, -0.1) is 0 Å². The number of nitrogens with zero attached hydrogens (tertiary/aromatic N) is 2. The Hall–Kier alpha value is -0.900. The van der Waals surface area contributed by atoms with Crippen molar-refractivity contribution in [3.8, 4) is 0 Å². The fraction of sp³-hybridized carbons (Fsp3) is 0.625. The predicted octanol–water partition coefficient (Wildman–Crippen LogP) is 1.15. The van der Waals surface area contributed by atoms with Crippen molar-refractivity contribution in [1.29, 1.82) is 0 Å². The van der Waals surface area contributed by atoms with E-state index >= 15 is 0 Å². The van der Waals surface area contributed by atoms with Crippen LogP contribution in [-0.2, 0) is 12.8 Å². The summed E-state index contributed by atoms with van der Waals surface area (Å²) in [7, 11) is 0. The largest absolute Gasteiger partial charge is 0.395 e. The van der Waals surface area contributed by atoms with E-state index in [1.165, 1.54) is 19.3 Å². The lowest BCUT2D eigenvalue weighted by Crippen LogP contribution is -2.52. The summed E-state index contributed by atoms with van der Waals surface area (Å²) < 4.78 is 0. The van der Waals surface area contributed by atoms with Crippen molar-refractivity contribution < 1.29 is 5.11 Å². The highest BCUT2D eigenvalue weighted by molar-refractivity contribution is 5.30. The van der Waals surface area contributed by atoms with Gasteiger partial charge in [0.1, 0.15) is 0 Å². The Morgan fingerprint density at radius 2 is 1.79 bits per heavy atom. The van der Waals surface area contributed by atoms with Gasteiger partial charge in [-0.3, -0.25) is 9.80 Å². The molecule has 1 N–H and O–H groups in total. The van der Waals surface area contributed by atoms with Crippen LogP contribution in [0.2, 0.25) is 0 Å². The molecule has 0 unspecified atom stereocenters. The molecule has 1 aliphatic carbocycles. The van der Waals surface area contributed by atoms with Crippen LogP contribution in [-0.4, -0.2) is 60.3 Å². The standard InChI is InChI=1S/C16H24N2O/c19-12-11-17-7-9-18(10-8-17)16-6-5-14-3-1-2-4-15(14)13-16/h1-4,16,19H,5-13H2/t16-/m0/s1. The Bertz CT molecular complexity index is 413. The highest BCUT2D eigenvalue weighted by Crippen LogP contribution is 2.25. The maximum atomic E-state index is 8.99. The number of rotatable bonds is 3. The van der Waals surface area contributed by atoms with Gasteiger partial charge in [-0.05, 0) is 30.4 Å². The molecule has 0 saturated carbocycles. The van der Waals surface area contributed by atoms with E-state index in [-0.39, 0.29) is 6.61 Å². The second-order valence-corrected chi connectivity index (χ2v) is 5.77. The van der Waals surface area contributed by atoms with Crippen LogP contribution in [0, 0.1) is 0 Å². The Balaban J connectivity index is 1.57. The van der Waals surface area contributed by atoms with E-state index in [0.717, 1.165) is 38.8 Å². The molecule has 0 radical (unpaired) electrons. The molecule has 1 atom stereocenters. The summed E-state index contributed by atoms with van der Waals surface area (Å²) in [6.45, 7) is 5.66. The zero-order valence-electron chi connectivity index (χ0n) is 11.6. The van der Waals surface area contributed by atoms with Crippen LogP contribution in [0.4, 0.5) is 0 Å². The molecule has 19 heavy (non-hydrogen) atoms. The molecule has 1 fully saturated rings. The molecule has 0 aromatic heterocycles. The van der Waals surface area contributed by atoms with Crippen molar-refractivity contribution in [1.82, 2.24) is 9.80 Å². The molecule has 1 aromatic carbocycles. The number of aryl methyl sites for hydroxylation is 1. The van der Waals surface area contributed by atoms with Crippen LogP contribution in [0.5, 0.6) is 0 Å². The number of hydrogen-bond acceptors (Lipinski definition) is 3. The van der Waals surface area contributed by atoms with Gasteiger partial charge in [0, 0.05) is 38.8 Å². The molecule has 0 bridgehead atoms. The summed E-state index contributed by atoms with van der Waals surface area (Å²) in [5.74, 6) is 0. The van der Waals surface area contributed by atoms with Crippen LogP contribution in [0.1, 0.15) is 17.5 Å². The van der Waals surface area contributed by atoms with E-state index in [2.05, 4.69) is 34.1 Å². The van der Waals surface area contributed by atoms with Crippen molar-refractivity contribution in [3.05, 3.63) is 35.4 Å². The van der Waals surface area contributed by atoms with Gasteiger partial charge in [-0.25, -0.2) is 0 Å². The first-order chi connectivity index (χ1) is 9.36. The molecule has 0 spiro atoms. The molecule has 1 aliphatic heterocycles. The third-order valence-electron chi connectivity index (χ3n) is 4.66. The minimum atomic E-state index is 0.288. The molecule has 104 valence electrons. The van der Waals surface area contributed by atoms with E-state index in [9.17, 15) is 0 Å². The molecule has 3 nitrogen and oxygen atoms in total. The minimum absolute atomic E-state index is 0.288. The molecule has 0 amide bonds. The van der Waals surface area contributed by atoms with Gasteiger partial charge in [0.15, 0.2) is 0 Å². The molecular weight excluding hydrogens is 236 g/mol. The Morgan fingerprint density at radius 3 is 2.53 bits per heavy atom. The van der Waals surface area contributed by atoms with Gasteiger partial charge >= 0.3 is 0 Å². The molecule has 1 saturated heterocycles. The number of β-amino-alcohol motifs (C(OH)–C–C–N with tert-alkyl or cyclic N) is 1. The van der Waals surface area contributed by atoms with Gasteiger partial charge < -0.3 is 5.11 Å². The average Bonchev–Trinajstić information content (AvgIpc) is 2.48. The number of benzene rings is 1. The third kappa shape index (κ3) is 2.99. The predicted molar refractivity (Wildman–Crippen MR) is 77.4 cm³/mol. The third-order valence-corrected chi connectivity index (χ3v) is 4.66. The Morgan fingerprint density at radius 1 is 1.05 bits per heavy atom. The number of hydrogen-bond donors (Lipinski definition) is 1. The zero-order valence-corrected chi connectivity index (χ0v) is 11.6. The van der Waals surface area contributed by atoms with E-state index in [4.69, 9.17) is 5.11 Å². The van der Waals surface area contributed by atoms with Crippen LogP contribution < -0.4 is 0 Å². The van der Waals surface area contributed by atoms with Crippen LogP contribution >= 0.6 is 0 Å². The first kappa shape index (κ1) is 13.1. The lowest BCUT2D eigenvalue weighted by molar-refractivity contribution is 0.0785. The number of aliphatic hydroxyl groups is 1. The van der Waals surface area contributed by atoms with Crippen molar-refractivity contribution >= 4 is 0 Å². The maximum absolute atomic E-state index is 8.99. The number of piperazine rings is 1.